The summed E-state index contributed by atoms with van der Waals surface area (Å²) in [6, 6.07) is 9.36. The minimum absolute atomic E-state index is 0.205. The summed E-state index contributed by atoms with van der Waals surface area (Å²) in [5.41, 5.74) is 2.12. The summed E-state index contributed by atoms with van der Waals surface area (Å²) in [4.78, 5) is 18.8. The number of hydrogen-bond acceptors (Lipinski definition) is 11. The molecule has 5 aromatic heterocycles. The second kappa shape index (κ2) is 10.5. The van der Waals surface area contributed by atoms with Crippen LogP contribution < -0.4 is 9.47 Å². The van der Waals surface area contributed by atoms with Gasteiger partial charge < -0.3 is 19.2 Å². The highest BCUT2D eigenvalue weighted by atomic mass is 32.1. The summed E-state index contributed by atoms with van der Waals surface area (Å²) in [6.07, 6.45) is 2.23. The van der Waals surface area contributed by atoms with Crippen molar-refractivity contribution in [3.63, 3.8) is 0 Å². The van der Waals surface area contributed by atoms with Crippen molar-refractivity contribution in [1.29, 1.82) is 10.5 Å². The lowest BCUT2D eigenvalue weighted by molar-refractivity contribution is 0.415. The Bertz CT molecular complexity index is 2170. The molecule has 1 aliphatic carbocycles. The maximum Gasteiger partial charge on any atom is 0.350 e. The number of thiophene rings is 5. The number of nitriles is 2. The Morgan fingerprint density at radius 2 is 1.40 bits per heavy atom. The number of rotatable bonds is 6. The van der Waals surface area contributed by atoms with Crippen LogP contribution in [0.25, 0.3) is 49.9 Å². The molecule has 1 aliphatic rings. The van der Waals surface area contributed by atoms with Crippen molar-refractivity contribution in [2.45, 2.75) is 19.3 Å². The Morgan fingerprint density at radius 1 is 0.810 bits per heavy atom. The van der Waals surface area contributed by atoms with Crippen molar-refractivity contribution in [2.75, 3.05) is 14.2 Å². The molecule has 0 spiro atoms. The quantitative estimate of drug-likeness (QED) is 0.105. The Morgan fingerprint density at radius 3 is 1.98 bits per heavy atom. The van der Waals surface area contributed by atoms with E-state index in [-0.39, 0.29) is 17.1 Å². The summed E-state index contributed by atoms with van der Waals surface area (Å²) >= 11 is 8.09. The lowest BCUT2D eigenvalue weighted by atomic mass is 9.81. The summed E-state index contributed by atoms with van der Waals surface area (Å²) in [7, 11) is 3.22. The SMILES string of the molecule is [C-]#[N+]C(C#N)=Nc1cc(OC)c(C2=Cc3sc4c(sc5cc(-c6sc(N=C(C#N)[N+]#[C-])cc6OC)sc54)c3C2(C)C)s1. The fraction of sp³-hybridized carbons (Fsp3) is 0.172. The summed E-state index contributed by atoms with van der Waals surface area (Å²) < 4.78 is 16.2. The molecular weight excluding hydrogens is 625 g/mol. The predicted molar refractivity (Wildman–Crippen MR) is 175 cm³/mol. The number of hydrogen-bond donors (Lipinski definition) is 0. The number of aliphatic imine (C=N–C) groups is 2. The van der Waals surface area contributed by atoms with Gasteiger partial charge in [-0.2, -0.15) is 0 Å². The van der Waals surface area contributed by atoms with E-state index in [2.05, 4.69) is 45.7 Å². The highest BCUT2D eigenvalue weighted by molar-refractivity contribution is 7.40. The molecule has 6 rings (SSSR count). The molecule has 0 aliphatic heterocycles. The van der Waals surface area contributed by atoms with Gasteiger partial charge in [0.25, 0.3) is 0 Å². The Kier molecular flexibility index (Phi) is 6.95. The van der Waals surface area contributed by atoms with Gasteiger partial charge in [0.2, 0.25) is 10.0 Å². The first-order valence-electron chi connectivity index (χ1n) is 12.1. The van der Waals surface area contributed by atoms with E-state index in [4.69, 9.17) is 33.1 Å². The summed E-state index contributed by atoms with van der Waals surface area (Å²) in [5.74, 6) is 0.932. The highest BCUT2D eigenvalue weighted by Gasteiger charge is 2.40. The second-order valence-electron chi connectivity index (χ2n) is 9.37. The van der Waals surface area contributed by atoms with Crippen molar-refractivity contribution in [1.82, 2.24) is 0 Å². The third kappa shape index (κ3) is 4.31. The van der Waals surface area contributed by atoms with Gasteiger partial charge in [-0.15, -0.1) is 34.0 Å². The maximum atomic E-state index is 9.15. The third-order valence-electron chi connectivity index (χ3n) is 6.70. The molecule has 0 amide bonds. The van der Waals surface area contributed by atoms with Crippen LogP contribution in [0.2, 0.25) is 0 Å². The molecule has 204 valence electrons. The van der Waals surface area contributed by atoms with Gasteiger partial charge in [-0.1, -0.05) is 59.7 Å². The van der Waals surface area contributed by atoms with Crippen molar-refractivity contribution >= 4 is 109 Å². The highest BCUT2D eigenvalue weighted by Crippen LogP contribution is 2.60. The van der Waals surface area contributed by atoms with Crippen LogP contribution in [0.4, 0.5) is 10.0 Å². The topological polar surface area (TPSA) is 99.5 Å². The number of amidine groups is 2. The van der Waals surface area contributed by atoms with E-state index in [0.717, 1.165) is 20.2 Å². The van der Waals surface area contributed by atoms with Crippen molar-refractivity contribution in [3.8, 4) is 33.4 Å². The zero-order valence-corrected chi connectivity index (χ0v) is 26.4. The lowest BCUT2D eigenvalue weighted by Crippen LogP contribution is -2.15. The fourth-order valence-electron chi connectivity index (χ4n) is 4.85. The smallest absolute Gasteiger partial charge is 0.350 e. The minimum atomic E-state index is -0.300. The van der Waals surface area contributed by atoms with Gasteiger partial charge in [0.05, 0.1) is 43.0 Å². The van der Waals surface area contributed by atoms with Crippen molar-refractivity contribution in [3.05, 3.63) is 56.4 Å². The summed E-state index contributed by atoms with van der Waals surface area (Å²) in [5, 5.41) is 19.4. The number of nitrogens with zero attached hydrogens (tertiary/aromatic N) is 6. The zero-order chi connectivity index (χ0) is 29.8. The van der Waals surface area contributed by atoms with Gasteiger partial charge in [0.1, 0.15) is 23.6 Å². The van der Waals surface area contributed by atoms with Crippen LogP contribution in [0.1, 0.15) is 29.2 Å². The first-order valence-corrected chi connectivity index (χ1v) is 16.1. The number of allylic oxidation sites excluding steroid dienone is 1. The van der Waals surface area contributed by atoms with Gasteiger partial charge in [-0.25, -0.2) is 10.5 Å². The Balaban J connectivity index is 1.43. The number of fused-ring (bicyclic) bond motifs is 5. The van der Waals surface area contributed by atoms with Crippen LogP contribution in [-0.2, 0) is 5.41 Å². The Labute approximate surface area is 260 Å². The molecule has 13 heteroatoms. The predicted octanol–water partition coefficient (Wildman–Crippen LogP) is 9.76. The molecule has 0 bridgehead atoms. The Hall–Kier alpha value is -4.34. The normalized spacial score (nSPS) is 14.2. The van der Waals surface area contributed by atoms with E-state index < -0.39 is 0 Å². The molecule has 5 heterocycles. The molecule has 0 aromatic carbocycles. The molecule has 0 atom stereocenters. The van der Waals surface area contributed by atoms with Crippen LogP contribution in [0, 0.1) is 35.8 Å². The van der Waals surface area contributed by atoms with E-state index in [1.165, 1.54) is 51.9 Å². The van der Waals surface area contributed by atoms with Crippen molar-refractivity contribution in [2.24, 2.45) is 9.98 Å². The molecule has 0 saturated heterocycles. The second-order valence-corrected chi connectivity index (χ2v) is 14.6. The molecular formula is C29H16N6O2S5. The lowest BCUT2D eigenvalue weighted by Gasteiger charge is -2.23. The molecule has 8 nitrogen and oxygen atoms in total. The van der Waals surface area contributed by atoms with E-state index in [9.17, 15) is 0 Å². The third-order valence-corrected chi connectivity index (χ3v) is 12.8. The van der Waals surface area contributed by atoms with Gasteiger partial charge in [0.15, 0.2) is 0 Å². The average Bonchev–Trinajstić information content (AvgIpc) is 3.80. The number of ether oxygens (including phenoxy) is 2. The van der Waals surface area contributed by atoms with Crippen LogP contribution in [0.3, 0.4) is 0 Å². The van der Waals surface area contributed by atoms with E-state index in [1.807, 2.05) is 12.1 Å². The van der Waals surface area contributed by atoms with Crippen LogP contribution in [0.15, 0.2) is 28.2 Å². The summed E-state index contributed by atoms with van der Waals surface area (Å²) in [6.45, 7) is 18.7. The van der Waals surface area contributed by atoms with E-state index in [1.54, 1.807) is 60.4 Å². The van der Waals surface area contributed by atoms with Crippen molar-refractivity contribution < 1.29 is 9.47 Å². The molecule has 0 radical (unpaired) electrons. The van der Waals surface area contributed by atoms with Gasteiger partial charge >= 0.3 is 11.7 Å². The largest absolute Gasteiger partial charge is 0.495 e. The minimum Gasteiger partial charge on any atom is -0.495 e. The fourth-order valence-corrected chi connectivity index (χ4v) is 11.7. The first kappa shape index (κ1) is 27.8. The van der Waals surface area contributed by atoms with Gasteiger partial charge in [-0.05, 0) is 23.3 Å². The zero-order valence-electron chi connectivity index (χ0n) is 22.4. The van der Waals surface area contributed by atoms with E-state index in [0.29, 0.717) is 21.5 Å². The first-order chi connectivity index (χ1) is 20.3. The molecule has 0 unspecified atom stereocenters. The average molecular weight is 641 g/mol. The van der Waals surface area contributed by atoms with Crippen LogP contribution in [0.5, 0.6) is 11.5 Å². The van der Waals surface area contributed by atoms with Crippen LogP contribution >= 0.6 is 56.7 Å². The monoisotopic (exact) mass is 640 g/mol. The molecule has 42 heavy (non-hydrogen) atoms. The standard InChI is InChI=1S/C29H16N6O2S5/c1-29(2)13(24-14(36-5)8-21(41-24)34-19(11-30)32-3)7-16-23(29)27-28(38-16)26-18(40-27)10-17(39-26)25-15(37-6)9-22(42-25)35-20(12-31)33-4/h7-10H,1-2,5-6H3. The van der Waals surface area contributed by atoms with Gasteiger partial charge in [-0.3, -0.25) is 0 Å². The molecule has 0 saturated carbocycles. The van der Waals surface area contributed by atoms with Gasteiger partial charge in [0, 0.05) is 27.1 Å². The molecule has 0 fully saturated rings. The maximum absolute atomic E-state index is 9.15. The van der Waals surface area contributed by atoms with Crippen LogP contribution in [-0.4, -0.2) is 25.9 Å². The van der Waals surface area contributed by atoms with E-state index >= 15 is 0 Å². The number of methoxy groups -OCH3 is 2. The molecule has 5 aromatic rings. The molecule has 0 N–H and O–H groups in total.